The number of esters is 1. The smallest absolute Gasteiger partial charge is 0.357 e. The molecule has 7 nitrogen and oxygen atoms in total. The van der Waals surface area contributed by atoms with Gasteiger partial charge in [-0.15, -0.1) is 0 Å². The predicted molar refractivity (Wildman–Crippen MR) is 69.1 cm³/mol. The molecule has 0 aliphatic carbocycles. The minimum absolute atomic E-state index is 0.230. The first-order chi connectivity index (χ1) is 9.62. The first-order valence-corrected chi connectivity index (χ1v) is 6.07. The maximum atomic E-state index is 12.0. The average molecular weight is 274 g/mol. The van der Waals surface area contributed by atoms with E-state index in [9.17, 15) is 4.79 Å². The fourth-order valence-corrected chi connectivity index (χ4v) is 1.88. The molecule has 0 fully saturated rings. The lowest BCUT2D eigenvalue weighted by Gasteiger charge is -2.07. The van der Waals surface area contributed by atoms with Crippen LogP contribution in [0, 0.1) is 18.3 Å². The number of fused-ring (bicyclic) bond motifs is 1. The second-order valence-corrected chi connectivity index (χ2v) is 4.09. The van der Waals surface area contributed by atoms with Crippen molar-refractivity contribution in [3.63, 3.8) is 0 Å². The lowest BCUT2D eigenvalue weighted by Crippen LogP contribution is -2.13. The summed E-state index contributed by atoms with van der Waals surface area (Å²) in [6, 6.07) is 3.60. The van der Waals surface area contributed by atoms with Gasteiger partial charge in [-0.2, -0.15) is 10.4 Å². The fraction of sp³-hybridized carbons (Fsp3) is 0.385. The van der Waals surface area contributed by atoms with Crippen molar-refractivity contribution < 1.29 is 14.3 Å². The van der Waals surface area contributed by atoms with E-state index in [1.54, 1.807) is 19.9 Å². The number of aromatic nitrogens is 3. The van der Waals surface area contributed by atoms with Crippen LogP contribution in [0.5, 0.6) is 0 Å². The van der Waals surface area contributed by atoms with E-state index in [0.717, 1.165) is 0 Å². The molecule has 0 spiro atoms. The monoisotopic (exact) mass is 274 g/mol. The Labute approximate surface area is 115 Å². The Bertz CT molecular complexity index is 700. The lowest BCUT2D eigenvalue weighted by molar-refractivity contribution is 0.0515. The second kappa shape index (κ2) is 5.67. The third-order valence-electron chi connectivity index (χ3n) is 2.71. The SMILES string of the molecule is CCOC(=O)c1cc(COC)nc2c(C#N)c(C)nn12. The summed E-state index contributed by atoms with van der Waals surface area (Å²) in [5.74, 6) is -0.510. The van der Waals surface area contributed by atoms with Crippen molar-refractivity contribution in [3.05, 3.63) is 28.7 Å². The molecule has 2 aromatic rings. The number of ether oxygens (including phenoxy) is 2. The molecule has 0 aliphatic heterocycles. The number of nitrogens with zero attached hydrogens (tertiary/aromatic N) is 4. The topological polar surface area (TPSA) is 89.5 Å². The third-order valence-corrected chi connectivity index (χ3v) is 2.71. The van der Waals surface area contributed by atoms with Crippen molar-refractivity contribution in [1.29, 1.82) is 5.26 Å². The molecule has 2 rings (SSSR count). The number of hydrogen-bond acceptors (Lipinski definition) is 6. The zero-order valence-electron chi connectivity index (χ0n) is 11.5. The van der Waals surface area contributed by atoms with Gasteiger partial charge in [-0.3, -0.25) is 0 Å². The molecular formula is C13H14N4O3. The first-order valence-electron chi connectivity index (χ1n) is 6.07. The van der Waals surface area contributed by atoms with Gasteiger partial charge in [0.15, 0.2) is 11.3 Å². The van der Waals surface area contributed by atoms with Crippen LogP contribution in [0.3, 0.4) is 0 Å². The van der Waals surface area contributed by atoms with Crippen LogP contribution >= 0.6 is 0 Å². The molecule has 0 saturated carbocycles. The molecule has 0 aromatic carbocycles. The van der Waals surface area contributed by atoms with E-state index in [1.807, 2.05) is 6.07 Å². The maximum absolute atomic E-state index is 12.0. The zero-order valence-corrected chi connectivity index (χ0v) is 11.5. The number of methoxy groups -OCH3 is 1. The van der Waals surface area contributed by atoms with Crippen LogP contribution in [0.1, 0.15) is 34.4 Å². The van der Waals surface area contributed by atoms with E-state index in [4.69, 9.17) is 14.7 Å². The van der Waals surface area contributed by atoms with Crippen LogP contribution in [0.2, 0.25) is 0 Å². The molecule has 104 valence electrons. The molecule has 0 aliphatic rings. The van der Waals surface area contributed by atoms with E-state index in [2.05, 4.69) is 10.1 Å². The van der Waals surface area contributed by atoms with Crippen molar-refractivity contribution >= 4 is 11.6 Å². The number of aryl methyl sites for hydroxylation is 1. The Kier molecular flexibility index (Phi) is 3.96. The first kappa shape index (κ1) is 14.0. The predicted octanol–water partition coefficient (Wildman–Crippen LogP) is 1.23. The molecule has 20 heavy (non-hydrogen) atoms. The quantitative estimate of drug-likeness (QED) is 0.779. The number of carbonyl (C=O) groups is 1. The van der Waals surface area contributed by atoms with E-state index < -0.39 is 5.97 Å². The van der Waals surface area contributed by atoms with Crippen molar-refractivity contribution in [3.8, 4) is 6.07 Å². The van der Waals surface area contributed by atoms with Crippen LogP contribution in [-0.4, -0.2) is 34.3 Å². The molecule has 0 amide bonds. The Balaban J connectivity index is 2.71. The van der Waals surface area contributed by atoms with E-state index >= 15 is 0 Å². The lowest BCUT2D eigenvalue weighted by atomic mass is 10.2. The van der Waals surface area contributed by atoms with Crippen LogP contribution in [-0.2, 0) is 16.1 Å². The Morgan fingerprint density at radius 3 is 2.90 bits per heavy atom. The largest absolute Gasteiger partial charge is 0.461 e. The van der Waals surface area contributed by atoms with Gasteiger partial charge < -0.3 is 9.47 Å². The van der Waals surface area contributed by atoms with Crippen LogP contribution in [0.4, 0.5) is 0 Å². The van der Waals surface area contributed by atoms with Crippen LogP contribution in [0.25, 0.3) is 5.65 Å². The fourth-order valence-electron chi connectivity index (χ4n) is 1.88. The highest BCUT2D eigenvalue weighted by Gasteiger charge is 2.19. The summed E-state index contributed by atoms with van der Waals surface area (Å²) in [4.78, 5) is 16.3. The Morgan fingerprint density at radius 2 is 2.30 bits per heavy atom. The minimum atomic E-state index is -0.510. The normalized spacial score (nSPS) is 10.5. The average Bonchev–Trinajstić information content (AvgIpc) is 2.73. The molecule has 0 unspecified atom stereocenters. The summed E-state index contributed by atoms with van der Waals surface area (Å²) in [6.07, 6.45) is 0. The summed E-state index contributed by atoms with van der Waals surface area (Å²) in [6.45, 7) is 3.91. The number of carbonyl (C=O) groups excluding carboxylic acids is 1. The van der Waals surface area contributed by atoms with Crippen LogP contribution < -0.4 is 0 Å². The molecule has 0 atom stereocenters. The molecule has 7 heteroatoms. The Hall–Kier alpha value is -2.46. The minimum Gasteiger partial charge on any atom is -0.461 e. The summed E-state index contributed by atoms with van der Waals surface area (Å²) in [7, 11) is 1.53. The highest BCUT2D eigenvalue weighted by Crippen LogP contribution is 2.16. The number of rotatable bonds is 4. The van der Waals surface area contributed by atoms with Gasteiger partial charge in [0.1, 0.15) is 11.6 Å². The highest BCUT2D eigenvalue weighted by molar-refractivity contribution is 5.88. The summed E-state index contributed by atoms with van der Waals surface area (Å²) in [5, 5.41) is 13.3. The molecule has 0 N–H and O–H groups in total. The number of hydrogen-bond donors (Lipinski definition) is 0. The van der Waals surface area contributed by atoms with Gasteiger partial charge in [-0.1, -0.05) is 0 Å². The summed E-state index contributed by atoms with van der Waals surface area (Å²) in [5.41, 5.74) is 1.96. The molecule has 0 bridgehead atoms. The molecule has 0 radical (unpaired) electrons. The van der Waals surface area contributed by atoms with E-state index in [-0.39, 0.29) is 18.9 Å². The van der Waals surface area contributed by atoms with E-state index in [0.29, 0.717) is 22.6 Å². The van der Waals surface area contributed by atoms with Gasteiger partial charge in [0.25, 0.3) is 0 Å². The van der Waals surface area contributed by atoms with Gasteiger partial charge in [-0.25, -0.2) is 14.3 Å². The van der Waals surface area contributed by atoms with Crippen molar-refractivity contribution in [2.75, 3.05) is 13.7 Å². The molecular weight excluding hydrogens is 260 g/mol. The maximum Gasteiger partial charge on any atom is 0.357 e. The van der Waals surface area contributed by atoms with Gasteiger partial charge in [0.2, 0.25) is 0 Å². The van der Waals surface area contributed by atoms with Gasteiger partial charge in [0, 0.05) is 7.11 Å². The molecule has 2 aromatic heterocycles. The van der Waals surface area contributed by atoms with E-state index in [1.165, 1.54) is 11.6 Å². The van der Waals surface area contributed by atoms with Gasteiger partial charge >= 0.3 is 5.97 Å². The summed E-state index contributed by atoms with van der Waals surface area (Å²) >= 11 is 0. The Morgan fingerprint density at radius 1 is 1.55 bits per heavy atom. The standard InChI is InChI=1S/C13H14N4O3/c1-4-20-13(18)11-5-9(7-19-3)15-12-10(6-14)8(2)16-17(11)12/h5H,4,7H2,1-3H3. The third kappa shape index (κ3) is 2.33. The van der Waals surface area contributed by atoms with Crippen LogP contribution in [0.15, 0.2) is 6.07 Å². The van der Waals surface area contributed by atoms with Crippen molar-refractivity contribution in [2.24, 2.45) is 0 Å². The van der Waals surface area contributed by atoms with Gasteiger partial charge in [-0.05, 0) is 19.9 Å². The highest BCUT2D eigenvalue weighted by atomic mass is 16.5. The van der Waals surface area contributed by atoms with Gasteiger partial charge in [0.05, 0.1) is 24.6 Å². The van der Waals surface area contributed by atoms with Crippen molar-refractivity contribution in [1.82, 2.24) is 14.6 Å². The second-order valence-electron chi connectivity index (χ2n) is 4.09. The van der Waals surface area contributed by atoms with Crippen molar-refractivity contribution in [2.45, 2.75) is 20.5 Å². The molecule has 0 saturated heterocycles. The number of nitriles is 1. The zero-order chi connectivity index (χ0) is 14.7. The summed E-state index contributed by atoms with van der Waals surface area (Å²) < 4.78 is 11.4. The molecule has 2 heterocycles.